The molecule has 4 aromatic rings. The molecular weight excluding hydrogens is 362 g/mol. The van der Waals surface area contributed by atoms with E-state index >= 15 is 0 Å². The van der Waals surface area contributed by atoms with Gasteiger partial charge in [0.2, 0.25) is 0 Å². The number of benzene rings is 3. The maximum atomic E-state index is 12.6. The second-order valence-electron chi connectivity index (χ2n) is 7.21. The Morgan fingerprint density at radius 3 is 2.41 bits per heavy atom. The average Bonchev–Trinajstić information content (AvgIpc) is 2.73. The molecule has 146 valence electrons. The fraction of sp³-hybridized carbons (Fsp3) is 0.160. The first-order chi connectivity index (χ1) is 14.1. The molecule has 1 aromatic heterocycles. The zero-order chi connectivity index (χ0) is 20.2. The van der Waals surface area contributed by atoms with Gasteiger partial charge in [-0.3, -0.25) is 4.90 Å². The van der Waals surface area contributed by atoms with Gasteiger partial charge in [-0.1, -0.05) is 48.5 Å². The largest absolute Gasteiger partial charge is 0.497 e. The van der Waals surface area contributed by atoms with Gasteiger partial charge in [-0.15, -0.1) is 0 Å². The number of hydrogen-bond donors (Lipinski definition) is 0. The first-order valence-corrected chi connectivity index (χ1v) is 9.56. The molecule has 0 N–H and O–H groups in total. The standard InChI is InChI=1S/C25H23NO3/c1-26(16-18-7-4-3-5-8-18)17-19-9-6-10-20(13-19)23-15-21-14-22(28-2)11-12-24(21)29-25(23)27/h3-15H,16-17H2,1-2H3. The minimum absolute atomic E-state index is 0.336. The van der Waals surface area contributed by atoms with Crippen molar-refractivity contribution in [1.82, 2.24) is 4.90 Å². The van der Waals surface area contributed by atoms with Gasteiger partial charge >= 0.3 is 5.63 Å². The van der Waals surface area contributed by atoms with Gasteiger partial charge < -0.3 is 9.15 Å². The van der Waals surface area contributed by atoms with Crippen molar-refractivity contribution in [1.29, 1.82) is 0 Å². The van der Waals surface area contributed by atoms with Crippen LogP contribution < -0.4 is 10.4 Å². The molecule has 0 saturated carbocycles. The highest BCUT2D eigenvalue weighted by Gasteiger charge is 2.10. The fourth-order valence-electron chi connectivity index (χ4n) is 3.53. The van der Waals surface area contributed by atoms with Crippen LogP contribution in [0.3, 0.4) is 0 Å². The third-order valence-electron chi connectivity index (χ3n) is 4.93. The van der Waals surface area contributed by atoms with E-state index in [1.165, 1.54) is 5.56 Å². The Bertz CT molecular complexity index is 1180. The topological polar surface area (TPSA) is 42.7 Å². The van der Waals surface area contributed by atoms with Crippen molar-refractivity contribution in [2.24, 2.45) is 0 Å². The number of fused-ring (bicyclic) bond motifs is 1. The van der Waals surface area contributed by atoms with Gasteiger partial charge in [0.1, 0.15) is 11.3 Å². The first-order valence-electron chi connectivity index (χ1n) is 9.56. The van der Waals surface area contributed by atoms with Crippen molar-refractivity contribution in [2.75, 3.05) is 14.2 Å². The van der Waals surface area contributed by atoms with Gasteiger partial charge in [-0.2, -0.15) is 0 Å². The Kier molecular flexibility index (Phi) is 5.45. The second kappa shape index (κ2) is 8.33. The molecule has 4 rings (SSSR count). The lowest BCUT2D eigenvalue weighted by Gasteiger charge is -2.17. The van der Waals surface area contributed by atoms with Crippen molar-refractivity contribution in [3.8, 4) is 16.9 Å². The van der Waals surface area contributed by atoms with Crippen LogP contribution in [-0.4, -0.2) is 19.1 Å². The van der Waals surface area contributed by atoms with Crippen LogP contribution in [0.5, 0.6) is 5.75 Å². The van der Waals surface area contributed by atoms with Crippen molar-refractivity contribution in [3.63, 3.8) is 0 Å². The van der Waals surface area contributed by atoms with Gasteiger partial charge in [0, 0.05) is 18.5 Å². The number of nitrogens with zero attached hydrogens (tertiary/aromatic N) is 1. The molecule has 0 amide bonds. The molecule has 0 spiro atoms. The van der Waals surface area contributed by atoms with E-state index in [-0.39, 0.29) is 5.63 Å². The van der Waals surface area contributed by atoms with E-state index in [4.69, 9.17) is 9.15 Å². The molecule has 4 nitrogen and oxygen atoms in total. The highest BCUT2D eigenvalue weighted by atomic mass is 16.5. The normalized spacial score (nSPS) is 11.1. The Morgan fingerprint density at radius 1 is 0.862 bits per heavy atom. The molecule has 0 fully saturated rings. The Balaban J connectivity index is 1.61. The molecule has 0 unspecified atom stereocenters. The van der Waals surface area contributed by atoms with E-state index in [1.807, 2.05) is 30.3 Å². The molecule has 0 radical (unpaired) electrons. The highest BCUT2D eigenvalue weighted by molar-refractivity contribution is 5.83. The van der Waals surface area contributed by atoms with Crippen LogP contribution >= 0.6 is 0 Å². The van der Waals surface area contributed by atoms with Crippen LogP contribution in [0.15, 0.2) is 88.1 Å². The minimum Gasteiger partial charge on any atom is -0.497 e. The predicted molar refractivity (Wildman–Crippen MR) is 116 cm³/mol. The van der Waals surface area contributed by atoms with E-state index in [2.05, 4.69) is 48.3 Å². The Labute approximate surface area is 170 Å². The maximum Gasteiger partial charge on any atom is 0.344 e. The van der Waals surface area contributed by atoms with Crippen LogP contribution in [0, 0.1) is 0 Å². The van der Waals surface area contributed by atoms with Crippen molar-refractivity contribution in [3.05, 3.63) is 100 Å². The number of methoxy groups -OCH3 is 1. The molecule has 1 heterocycles. The van der Waals surface area contributed by atoms with Gasteiger partial charge in [0.05, 0.1) is 12.7 Å². The highest BCUT2D eigenvalue weighted by Crippen LogP contribution is 2.25. The fourth-order valence-corrected chi connectivity index (χ4v) is 3.53. The molecule has 0 aliphatic heterocycles. The average molecular weight is 385 g/mol. The summed E-state index contributed by atoms with van der Waals surface area (Å²) in [7, 11) is 3.72. The van der Waals surface area contributed by atoms with E-state index in [1.54, 1.807) is 19.2 Å². The summed E-state index contributed by atoms with van der Waals surface area (Å²) in [6.07, 6.45) is 0. The number of rotatable bonds is 6. The Morgan fingerprint density at radius 2 is 1.62 bits per heavy atom. The summed E-state index contributed by atoms with van der Waals surface area (Å²) in [5, 5.41) is 0.838. The minimum atomic E-state index is -0.336. The van der Waals surface area contributed by atoms with Gasteiger partial charge in [-0.25, -0.2) is 4.79 Å². The molecule has 3 aromatic carbocycles. The summed E-state index contributed by atoms with van der Waals surface area (Å²) >= 11 is 0. The summed E-state index contributed by atoms with van der Waals surface area (Å²) in [6.45, 7) is 1.65. The van der Waals surface area contributed by atoms with Crippen molar-refractivity contribution < 1.29 is 9.15 Å². The summed E-state index contributed by atoms with van der Waals surface area (Å²) < 4.78 is 10.8. The van der Waals surface area contributed by atoms with Crippen LogP contribution in [0.2, 0.25) is 0 Å². The quantitative estimate of drug-likeness (QED) is 0.433. The van der Waals surface area contributed by atoms with Crippen LogP contribution in [0.4, 0.5) is 0 Å². The van der Waals surface area contributed by atoms with Crippen LogP contribution in [-0.2, 0) is 13.1 Å². The zero-order valence-corrected chi connectivity index (χ0v) is 16.6. The van der Waals surface area contributed by atoms with E-state index in [9.17, 15) is 4.79 Å². The molecule has 4 heteroatoms. The van der Waals surface area contributed by atoms with Crippen LogP contribution in [0.1, 0.15) is 11.1 Å². The number of ether oxygens (including phenoxy) is 1. The molecule has 29 heavy (non-hydrogen) atoms. The molecule has 0 aliphatic carbocycles. The number of hydrogen-bond acceptors (Lipinski definition) is 4. The summed E-state index contributed by atoms with van der Waals surface area (Å²) in [4.78, 5) is 14.8. The third-order valence-corrected chi connectivity index (χ3v) is 4.93. The van der Waals surface area contributed by atoms with E-state index in [0.29, 0.717) is 11.1 Å². The van der Waals surface area contributed by atoms with Gasteiger partial charge in [0.15, 0.2) is 0 Å². The lowest BCUT2D eigenvalue weighted by molar-refractivity contribution is 0.319. The molecule has 0 bridgehead atoms. The molecule has 0 saturated heterocycles. The molecular formula is C25H23NO3. The maximum absolute atomic E-state index is 12.6. The first kappa shape index (κ1) is 19.0. The second-order valence-corrected chi connectivity index (χ2v) is 7.21. The van der Waals surface area contributed by atoms with Crippen molar-refractivity contribution >= 4 is 11.0 Å². The predicted octanol–water partition coefficient (Wildman–Crippen LogP) is 5.10. The summed E-state index contributed by atoms with van der Waals surface area (Å²) in [5.74, 6) is 0.730. The third kappa shape index (κ3) is 4.39. The Hall–Kier alpha value is -3.37. The van der Waals surface area contributed by atoms with Gasteiger partial charge in [-0.05, 0) is 54.1 Å². The van der Waals surface area contributed by atoms with E-state index in [0.717, 1.165) is 35.4 Å². The molecule has 0 atom stereocenters. The smallest absolute Gasteiger partial charge is 0.344 e. The monoisotopic (exact) mass is 385 g/mol. The van der Waals surface area contributed by atoms with Crippen molar-refractivity contribution in [2.45, 2.75) is 13.1 Å². The zero-order valence-electron chi connectivity index (χ0n) is 16.6. The summed E-state index contributed by atoms with van der Waals surface area (Å²) in [5.41, 5.74) is 4.05. The lowest BCUT2D eigenvalue weighted by atomic mass is 10.0. The lowest BCUT2D eigenvalue weighted by Crippen LogP contribution is -2.17. The van der Waals surface area contributed by atoms with Gasteiger partial charge in [0.25, 0.3) is 0 Å². The summed E-state index contributed by atoms with van der Waals surface area (Å²) in [6, 6.07) is 25.7. The van der Waals surface area contributed by atoms with E-state index < -0.39 is 0 Å². The SMILES string of the molecule is COc1ccc2oc(=O)c(-c3cccc(CN(C)Cc4ccccc4)c3)cc2c1. The molecule has 0 aliphatic rings. The van der Waals surface area contributed by atoms with Crippen LogP contribution in [0.25, 0.3) is 22.1 Å².